The van der Waals surface area contributed by atoms with E-state index in [9.17, 15) is 0 Å². The van der Waals surface area contributed by atoms with Gasteiger partial charge >= 0.3 is 9.05 Å². The Kier molecular flexibility index (Phi) is 6.16. The van der Waals surface area contributed by atoms with Crippen molar-refractivity contribution >= 4 is 9.05 Å². The summed E-state index contributed by atoms with van der Waals surface area (Å²) in [4.78, 5) is 0. The molecular formula is C11H18O5Si. The molecule has 17 heavy (non-hydrogen) atoms. The van der Waals surface area contributed by atoms with Crippen molar-refractivity contribution in [1.29, 1.82) is 0 Å². The summed E-state index contributed by atoms with van der Waals surface area (Å²) in [5, 5.41) is 0. The summed E-state index contributed by atoms with van der Waals surface area (Å²) in [5.41, 5.74) is 0. The van der Waals surface area contributed by atoms with Crippen molar-refractivity contribution in [3.63, 3.8) is 0 Å². The molecule has 0 saturated heterocycles. The number of hydrogen-bond acceptors (Lipinski definition) is 5. The second kappa shape index (κ2) is 7.41. The fourth-order valence-corrected chi connectivity index (χ4v) is 2.46. The van der Waals surface area contributed by atoms with Gasteiger partial charge in [-0.1, -0.05) is 18.2 Å². The van der Waals surface area contributed by atoms with Crippen molar-refractivity contribution in [2.75, 3.05) is 34.5 Å². The summed E-state index contributed by atoms with van der Waals surface area (Å²) in [6.07, 6.45) is 0. The summed E-state index contributed by atoms with van der Waals surface area (Å²) < 4.78 is 26.2. The molecule has 0 saturated carbocycles. The number of para-hydroxylation sites is 1. The fraction of sp³-hybridized carbons (Fsp3) is 0.455. The molecule has 0 atom stereocenters. The molecule has 0 aliphatic heterocycles. The zero-order chi connectivity index (χ0) is 12.6. The van der Waals surface area contributed by atoms with Crippen molar-refractivity contribution in [3.8, 4) is 5.75 Å². The molecule has 5 nitrogen and oxygen atoms in total. The van der Waals surface area contributed by atoms with E-state index in [0.717, 1.165) is 5.75 Å². The molecular weight excluding hydrogens is 240 g/mol. The topological polar surface area (TPSA) is 46.2 Å². The van der Waals surface area contributed by atoms with Gasteiger partial charge < -0.3 is 22.4 Å². The SMILES string of the molecule is CO[Si](OC)(OC)OCCOc1ccccc1. The summed E-state index contributed by atoms with van der Waals surface area (Å²) in [5.74, 6) is 0.801. The lowest BCUT2D eigenvalue weighted by Gasteiger charge is -2.22. The van der Waals surface area contributed by atoms with E-state index in [-0.39, 0.29) is 0 Å². The first-order valence-corrected chi connectivity index (χ1v) is 6.87. The molecule has 0 N–H and O–H groups in total. The molecule has 0 spiro atoms. The van der Waals surface area contributed by atoms with Gasteiger partial charge in [-0.3, -0.25) is 0 Å². The smallest absolute Gasteiger partial charge is 0.491 e. The highest BCUT2D eigenvalue weighted by atomic mass is 28.4. The maximum Gasteiger partial charge on any atom is 0.679 e. The van der Waals surface area contributed by atoms with E-state index in [0.29, 0.717) is 13.2 Å². The third kappa shape index (κ3) is 4.45. The third-order valence-electron chi connectivity index (χ3n) is 2.12. The molecule has 0 amide bonds. The molecule has 1 rings (SSSR count). The van der Waals surface area contributed by atoms with E-state index < -0.39 is 9.05 Å². The predicted molar refractivity (Wildman–Crippen MR) is 64.7 cm³/mol. The highest BCUT2D eigenvalue weighted by molar-refractivity contribution is 6.53. The van der Waals surface area contributed by atoms with Gasteiger partial charge in [-0.15, -0.1) is 0 Å². The van der Waals surface area contributed by atoms with Crippen LogP contribution in [0.4, 0.5) is 0 Å². The fourth-order valence-electron chi connectivity index (χ4n) is 1.27. The Morgan fingerprint density at radius 3 is 2.00 bits per heavy atom. The minimum Gasteiger partial charge on any atom is -0.491 e. The van der Waals surface area contributed by atoms with Crippen LogP contribution in [0.5, 0.6) is 5.75 Å². The van der Waals surface area contributed by atoms with Gasteiger partial charge in [0.1, 0.15) is 12.4 Å². The first-order chi connectivity index (χ1) is 8.26. The predicted octanol–water partition coefficient (Wildman–Crippen LogP) is 1.46. The second-order valence-corrected chi connectivity index (χ2v) is 5.64. The summed E-state index contributed by atoms with van der Waals surface area (Å²) in [6.45, 7) is 0.755. The van der Waals surface area contributed by atoms with Crippen molar-refractivity contribution < 1.29 is 22.4 Å². The van der Waals surface area contributed by atoms with E-state index in [1.807, 2.05) is 30.3 Å². The Morgan fingerprint density at radius 1 is 0.882 bits per heavy atom. The van der Waals surface area contributed by atoms with E-state index >= 15 is 0 Å². The lowest BCUT2D eigenvalue weighted by atomic mass is 10.3. The molecule has 0 aliphatic rings. The van der Waals surface area contributed by atoms with Crippen molar-refractivity contribution in [2.45, 2.75) is 0 Å². The van der Waals surface area contributed by atoms with Crippen LogP contribution in [-0.4, -0.2) is 43.6 Å². The van der Waals surface area contributed by atoms with Crippen LogP contribution in [0.3, 0.4) is 0 Å². The molecule has 96 valence electrons. The Labute approximate surface area is 103 Å². The Balaban J connectivity index is 2.28. The standard InChI is InChI=1S/C11H18O5Si/c1-12-17(13-2,14-3)16-10-9-15-11-7-5-4-6-8-11/h4-8H,9-10H2,1-3H3. The molecule has 1 aromatic carbocycles. The van der Waals surface area contributed by atoms with Crippen LogP contribution in [-0.2, 0) is 17.7 Å². The molecule has 0 aliphatic carbocycles. The van der Waals surface area contributed by atoms with Gasteiger partial charge in [0.25, 0.3) is 0 Å². The van der Waals surface area contributed by atoms with E-state index in [1.165, 1.54) is 21.3 Å². The van der Waals surface area contributed by atoms with Gasteiger partial charge in [-0.2, -0.15) is 0 Å². The van der Waals surface area contributed by atoms with Gasteiger partial charge in [-0.25, -0.2) is 0 Å². The van der Waals surface area contributed by atoms with E-state index in [1.54, 1.807) is 0 Å². The molecule has 6 heteroatoms. The molecule has 0 fully saturated rings. The maximum atomic E-state index is 5.47. The Bertz CT molecular complexity index is 294. The normalized spacial score (nSPS) is 11.5. The molecule has 0 heterocycles. The van der Waals surface area contributed by atoms with Crippen LogP contribution in [0.2, 0.25) is 0 Å². The van der Waals surface area contributed by atoms with Crippen LogP contribution in [0.15, 0.2) is 30.3 Å². The third-order valence-corrected chi connectivity index (χ3v) is 4.18. The van der Waals surface area contributed by atoms with Gasteiger partial charge in [0.2, 0.25) is 0 Å². The second-order valence-electron chi connectivity index (χ2n) is 3.12. The molecule has 1 aromatic rings. The van der Waals surface area contributed by atoms with Crippen LogP contribution >= 0.6 is 0 Å². The minimum absolute atomic E-state index is 0.344. The van der Waals surface area contributed by atoms with Crippen LogP contribution in [0.1, 0.15) is 0 Å². The maximum absolute atomic E-state index is 5.47. The number of ether oxygens (including phenoxy) is 1. The molecule has 0 bridgehead atoms. The van der Waals surface area contributed by atoms with Crippen LogP contribution < -0.4 is 4.74 Å². The van der Waals surface area contributed by atoms with Crippen molar-refractivity contribution in [3.05, 3.63) is 30.3 Å². The van der Waals surface area contributed by atoms with Gasteiger partial charge in [-0.05, 0) is 12.1 Å². The van der Waals surface area contributed by atoms with Gasteiger partial charge in [0.05, 0.1) is 6.61 Å². The van der Waals surface area contributed by atoms with E-state index in [4.69, 9.17) is 22.4 Å². The number of hydrogen-bond donors (Lipinski definition) is 0. The zero-order valence-electron chi connectivity index (χ0n) is 10.3. The first-order valence-electron chi connectivity index (χ1n) is 5.23. The molecule has 0 unspecified atom stereocenters. The molecule has 0 radical (unpaired) electrons. The quantitative estimate of drug-likeness (QED) is 0.522. The number of benzene rings is 1. The van der Waals surface area contributed by atoms with Crippen LogP contribution in [0.25, 0.3) is 0 Å². The zero-order valence-corrected chi connectivity index (χ0v) is 11.3. The lowest BCUT2D eigenvalue weighted by Crippen LogP contribution is -2.47. The van der Waals surface area contributed by atoms with Crippen molar-refractivity contribution in [1.82, 2.24) is 0 Å². The van der Waals surface area contributed by atoms with Crippen LogP contribution in [0, 0.1) is 0 Å². The average Bonchev–Trinajstić information content (AvgIpc) is 2.41. The lowest BCUT2D eigenvalue weighted by molar-refractivity contribution is -0.000628. The highest BCUT2D eigenvalue weighted by Crippen LogP contribution is 2.10. The Morgan fingerprint density at radius 2 is 1.47 bits per heavy atom. The number of rotatable bonds is 8. The molecule has 0 aromatic heterocycles. The highest BCUT2D eigenvalue weighted by Gasteiger charge is 2.42. The average molecular weight is 258 g/mol. The minimum atomic E-state index is -2.94. The largest absolute Gasteiger partial charge is 0.679 e. The van der Waals surface area contributed by atoms with Gasteiger partial charge in [0.15, 0.2) is 0 Å². The monoisotopic (exact) mass is 258 g/mol. The van der Waals surface area contributed by atoms with Gasteiger partial charge in [0, 0.05) is 21.3 Å². The Hall–Kier alpha value is -0.923. The summed E-state index contributed by atoms with van der Waals surface area (Å²) >= 11 is 0. The summed E-state index contributed by atoms with van der Waals surface area (Å²) in [6, 6.07) is 9.52. The first kappa shape index (κ1) is 14.1. The van der Waals surface area contributed by atoms with E-state index in [2.05, 4.69) is 0 Å². The van der Waals surface area contributed by atoms with Crippen molar-refractivity contribution in [2.24, 2.45) is 0 Å². The summed E-state index contributed by atoms with van der Waals surface area (Å²) in [7, 11) is 1.56.